The number of esters is 1. The smallest absolute Gasteiger partial charge is 0.384 e. The van der Waals surface area contributed by atoms with Crippen LogP contribution in [0.3, 0.4) is 0 Å². The summed E-state index contributed by atoms with van der Waals surface area (Å²) in [5, 5.41) is 0. The number of carbonyl (C=O) groups is 1. The van der Waals surface area contributed by atoms with Crippen LogP contribution in [0, 0.1) is 11.8 Å². The van der Waals surface area contributed by atoms with E-state index in [9.17, 15) is 4.79 Å². The van der Waals surface area contributed by atoms with E-state index in [-0.39, 0.29) is 0 Å². The Kier molecular flexibility index (Phi) is 4.82. The molecule has 0 aliphatic carbocycles. The van der Waals surface area contributed by atoms with Crippen molar-refractivity contribution in [1.29, 1.82) is 0 Å². The first kappa shape index (κ1) is 13.4. The van der Waals surface area contributed by atoms with Crippen molar-refractivity contribution >= 4 is 11.7 Å². The van der Waals surface area contributed by atoms with Crippen molar-refractivity contribution < 1.29 is 14.3 Å². The third-order valence-corrected chi connectivity index (χ3v) is 2.83. The van der Waals surface area contributed by atoms with E-state index in [1.54, 1.807) is 6.92 Å². The second kappa shape index (κ2) is 6.81. The zero-order valence-corrected chi connectivity index (χ0v) is 11.0. The van der Waals surface area contributed by atoms with Crippen LogP contribution in [0.2, 0.25) is 0 Å². The Morgan fingerprint density at radius 2 is 2.00 bits per heavy atom. The lowest BCUT2D eigenvalue weighted by atomic mass is 10.2. The molecule has 1 aliphatic rings. The molecule has 0 radical (unpaired) electrons. The maximum Gasteiger partial charge on any atom is 0.384 e. The van der Waals surface area contributed by atoms with Gasteiger partial charge in [-0.3, -0.25) is 0 Å². The molecular formula is C15H17NO3. The SMILES string of the molecule is CCOC(=O)C#Cc1ccc(N2CCOCC2)cc1. The molecule has 1 fully saturated rings. The van der Waals surface area contributed by atoms with Crippen molar-refractivity contribution in [1.82, 2.24) is 0 Å². The summed E-state index contributed by atoms with van der Waals surface area (Å²) in [6, 6.07) is 7.86. The molecule has 19 heavy (non-hydrogen) atoms. The van der Waals surface area contributed by atoms with Crippen molar-refractivity contribution in [3.63, 3.8) is 0 Å². The highest BCUT2D eigenvalue weighted by atomic mass is 16.5. The van der Waals surface area contributed by atoms with Gasteiger partial charge in [0, 0.05) is 30.3 Å². The van der Waals surface area contributed by atoms with Crippen molar-refractivity contribution in [2.75, 3.05) is 37.8 Å². The highest BCUT2D eigenvalue weighted by Gasteiger charge is 2.10. The number of ether oxygens (including phenoxy) is 2. The van der Waals surface area contributed by atoms with Crippen LogP contribution in [0.1, 0.15) is 12.5 Å². The van der Waals surface area contributed by atoms with Gasteiger partial charge in [-0.05, 0) is 31.2 Å². The molecule has 0 amide bonds. The van der Waals surface area contributed by atoms with Crippen molar-refractivity contribution in [2.45, 2.75) is 6.92 Å². The highest BCUT2D eigenvalue weighted by molar-refractivity contribution is 5.89. The van der Waals surface area contributed by atoms with E-state index in [4.69, 9.17) is 9.47 Å². The normalized spacial score (nSPS) is 14.5. The molecule has 0 saturated carbocycles. The van der Waals surface area contributed by atoms with Crippen molar-refractivity contribution in [2.24, 2.45) is 0 Å². The monoisotopic (exact) mass is 259 g/mol. The summed E-state index contributed by atoms with van der Waals surface area (Å²) in [4.78, 5) is 13.4. The lowest BCUT2D eigenvalue weighted by Crippen LogP contribution is -2.36. The number of rotatable bonds is 2. The zero-order chi connectivity index (χ0) is 13.5. The van der Waals surface area contributed by atoms with Gasteiger partial charge in [0.05, 0.1) is 19.8 Å². The fourth-order valence-corrected chi connectivity index (χ4v) is 1.87. The second-order valence-electron chi connectivity index (χ2n) is 4.12. The molecule has 4 nitrogen and oxygen atoms in total. The van der Waals surface area contributed by atoms with Gasteiger partial charge in [-0.2, -0.15) is 0 Å². The minimum atomic E-state index is -0.486. The molecule has 1 saturated heterocycles. The first-order valence-electron chi connectivity index (χ1n) is 6.41. The molecular weight excluding hydrogens is 242 g/mol. The summed E-state index contributed by atoms with van der Waals surface area (Å²) in [6.45, 7) is 5.47. The topological polar surface area (TPSA) is 38.8 Å². The lowest BCUT2D eigenvalue weighted by molar-refractivity contribution is -0.136. The lowest BCUT2D eigenvalue weighted by Gasteiger charge is -2.28. The van der Waals surface area contributed by atoms with Crippen LogP contribution in [0.15, 0.2) is 24.3 Å². The summed E-state index contributed by atoms with van der Waals surface area (Å²) < 4.78 is 10.1. The van der Waals surface area contributed by atoms with Crippen LogP contribution in [-0.4, -0.2) is 38.9 Å². The first-order chi connectivity index (χ1) is 9.29. The van der Waals surface area contributed by atoms with Gasteiger partial charge in [0.1, 0.15) is 0 Å². The Bertz CT molecular complexity index is 478. The Morgan fingerprint density at radius 3 is 2.63 bits per heavy atom. The average Bonchev–Trinajstić information content (AvgIpc) is 2.47. The Hall–Kier alpha value is -1.99. The van der Waals surface area contributed by atoms with Crippen LogP contribution in [0.4, 0.5) is 5.69 Å². The van der Waals surface area contributed by atoms with Gasteiger partial charge in [-0.1, -0.05) is 5.92 Å². The van der Waals surface area contributed by atoms with E-state index >= 15 is 0 Å². The summed E-state index contributed by atoms with van der Waals surface area (Å²) in [5.74, 6) is 4.76. The van der Waals surface area contributed by atoms with Gasteiger partial charge in [0.15, 0.2) is 0 Å². The van der Waals surface area contributed by atoms with Crippen LogP contribution in [-0.2, 0) is 14.3 Å². The molecule has 0 aromatic heterocycles. The molecule has 0 spiro atoms. The average molecular weight is 259 g/mol. The molecule has 100 valence electrons. The van der Waals surface area contributed by atoms with Gasteiger partial charge in [0.25, 0.3) is 0 Å². The van der Waals surface area contributed by atoms with Gasteiger partial charge >= 0.3 is 5.97 Å². The molecule has 0 atom stereocenters. The predicted octanol–water partition coefficient (Wildman–Crippen LogP) is 1.44. The van der Waals surface area contributed by atoms with E-state index < -0.39 is 5.97 Å². The summed E-state index contributed by atoms with van der Waals surface area (Å²) >= 11 is 0. The van der Waals surface area contributed by atoms with Gasteiger partial charge in [0.2, 0.25) is 0 Å². The predicted molar refractivity (Wildman–Crippen MR) is 73.0 cm³/mol. The van der Waals surface area contributed by atoms with Gasteiger partial charge in [-0.15, -0.1) is 0 Å². The minimum absolute atomic E-state index is 0.351. The summed E-state index contributed by atoms with van der Waals surface area (Å²) in [7, 11) is 0. The highest BCUT2D eigenvalue weighted by Crippen LogP contribution is 2.16. The van der Waals surface area contributed by atoms with E-state index in [2.05, 4.69) is 16.7 Å². The third kappa shape index (κ3) is 4.01. The maximum absolute atomic E-state index is 11.1. The van der Waals surface area contributed by atoms with E-state index in [1.807, 2.05) is 24.3 Å². The number of nitrogens with zero attached hydrogens (tertiary/aromatic N) is 1. The summed E-state index contributed by atoms with van der Waals surface area (Å²) in [5.41, 5.74) is 1.97. The Labute approximate surface area is 113 Å². The fraction of sp³-hybridized carbons (Fsp3) is 0.400. The molecule has 1 aliphatic heterocycles. The van der Waals surface area contributed by atoms with E-state index in [0.29, 0.717) is 6.61 Å². The molecule has 4 heteroatoms. The molecule has 0 N–H and O–H groups in total. The number of hydrogen-bond donors (Lipinski definition) is 0. The second-order valence-corrected chi connectivity index (χ2v) is 4.12. The zero-order valence-electron chi connectivity index (χ0n) is 11.0. The number of anilines is 1. The van der Waals surface area contributed by atoms with E-state index in [1.165, 1.54) is 0 Å². The largest absolute Gasteiger partial charge is 0.456 e. The number of carbonyl (C=O) groups excluding carboxylic acids is 1. The van der Waals surface area contributed by atoms with Gasteiger partial charge < -0.3 is 14.4 Å². The van der Waals surface area contributed by atoms with Gasteiger partial charge in [-0.25, -0.2) is 4.79 Å². The van der Waals surface area contributed by atoms with E-state index in [0.717, 1.165) is 37.6 Å². The molecule has 0 unspecified atom stereocenters. The fourth-order valence-electron chi connectivity index (χ4n) is 1.87. The van der Waals surface area contributed by atoms with Crippen molar-refractivity contribution in [3.8, 4) is 11.8 Å². The Balaban J connectivity index is 1.99. The third-order valence-electron chi connectivity index (χ3n) is 2.83. The maximum atomic E-state index is 11.1. The van der Waals surface area contributed by atoms with Crippen LogP contribution in [0.5, 0.6) is 0 Å². The number of morpholine rings is 1. The standard InChI is InChI=1S/C15H17NO3/c1-2-19-15(17)8-5-13-3-6-14(7-4-13)16-9-11-18-12-10-16/h3-4,6-7H,2,9-12H2,1H3. The summed E-state index contributed by atoms with van der Waals surface area (Å²) in [6.07, 6.45) is 0. The first-order valence-corrected chi connectivity index (χ1v) is 6.41. The molecule has 2 rings (SSSR count). The number of hydrogen-bond acceptors (Lipinski definition) is 4. The van der Waals surface area contributed by atoms with Crippen LogP contribution >= 0.6 is 0 Å². The van der Waals surface area contributed by atoms with Crippen LogP contribution < -0.4 is 4.90 Å². The Morgan fingerprint density at radius 1 is 1.32 bits per heavy atom. The quantitative estimate of drug-likeness (QED) is 0.595. The molecule has 0 bridgehead atoms. The number of benzene rings is 1. The molecule has 1 heterocycles. The van der Waals surface area contributed by atoms with Crippen LogP contribution in [0.25, 0.3) is 0 Å². The molecule has 1 aromatic rings. The molecule has 1 aromatic carbocycles. The minimum Gasteiger partial charge on any atom is -0.456 e. The van der Waals surface area contributed by atoms with Crippen molar-refractivity contribution in [3.05, 3.63) is 29.8 Å².